The Morgan fingerprint density at radius 2 is 2.11 bits per heavy atom. The Labute approximate surface area is 105 Å². The normalized spacial score (nSPS) is 14.4. The molecule has 1 aliphatic heterocycles. The number of urea groups is 2. The van der Waals surface area contributed by atoms with Crippen molar-refractivity contribution in [3.8, 4) is 0 Å². The van der Waals surface area contributed by atoms with Gasteiger partial charge in [-0.1, -0.05) is 18.2 Å². The Balaban J connectivity index is 1.99. The van der Waals surface area contributed by atoms with E-state index in [0.717, 1.165) is 5.69 Å². The summed E-state index contributed by atoms with van der Waals surface area (Å²) < 4.78 is 0. The van der Waals surface area contributed by atoms with Crippen LogP contribution in [0.5, 0.6) is 0 Å². The van der Waals surface area contributed by atoms with Crippen molar-refractivity contribution in [3.63, 3.8) is 0 Å². The number of nitrogens with one attached hydrogen (secondary N) is 1. The molecule has 0 saturated carbocycles. The molecule has 1 aromatic carbocycles. The second kappa shape index (κ2) is 5.39. The van der Waals surface area contributed by atoms with Crippen LogP contribution in [0.15, 0.2) is 30.3 Å². The van der Waals surface area contributed by atoms with Crippen molar-refractivity contribution in [2.45, 2.75) is 0 Å². The molecule has 0 aliphatic carbocycles. The van der Waals surface area contributed by atoms with Gasteiger partial charge >= 0.3 is 12.1 Å². The van der Waals surface area contributed by atoms with Crippen LogP contribution in [-0.4, -0.2) is 43.1 Å². The Bertz CT molecular complexity index is 435. The Morgan fingerprint density at radius 1 is 1.39 bits per heavy atom. The van der Waals surface area contributed by atoms with Crippen molar-refractivity contribution in [1.82, 2.24) is 10.2 Å². The molecular weight excluding hydrogens is 232 g/mol. The van der Waals surface area contributed by atoms with Crippen LogP contribution in [0.2, 0.25) is 0 Å². The van der Waals surface area contributed by atoms with Gasteiger partial charge in [0.2, 0.25) is 0 Å². The van der Waals surface area contributed by atoms with E-state index < -0.39 is 6.03 Å². The zero-order valence-corrected chi connectivity index (χ0v) is 10.0. The molecule has 1 saturated heterocycles. The van der Waals surface area contributed by atoms with E-state index in [4.69, 9.17) is 5.73 Å². The van der Waals surface area contributed by atoms with Gasteiger partial charge in [0.25, 0.3) is 0 Å². The molecule has 1 aromatic rings. The first-order valence-electron chi connectivity index (χ1n) is 5.83. The fourth-order valence-corrected chi connectivity index (χ4v) is 1.92. The van der Waals surface area contributed by atoms with Crippen molar-refractivity contribution < 1.29 is 9.59 Å². The molecule has 0 unspecified atom stereocenters. The minimum absolute atomic E-state index is 0.0903. The van der Waals surface area contributed by atoms with Gasteiger partial charge in [-0.2, -0.15) is 0 Å². The largest absolute Gasteiger partial charge is 0.351 e. The molecule has 0 aromatic heterocycles. The predicted octanol–water partition coefficient (Wildman–Crippen LogP) is 0.597. The van der Waals surface area contributed by atoms with E-state index in [1.807, 2.05) is 30.3 Å². The van der Waals surface area contributed by atoms with Gasteiger partial charge < -0.3 is 16.0 Å². The number of carbonyl (C=O) groups excluding carboxylic acids is 2. The molecule has 3 N–H and O–H groups in total. The lowest BCUT2D eigenvalue weighted by Crippen LogP contribution is -2.42. The zero-order valence-electron chi connectivity index (χ0n) is 10.0. The van der Waals surface area contributed by atoms with E-state index in [1.54, 1.807) is 4.90 Å². The molecule has 0 bridgehead atoms. The van der Waals surface area contributed by atoms with E-state index >= 15 is 0 Å². The second-order valence-electron chi connectivity index (χ2n) is 4.04. The molecule has 1 fully saturated rings. The van der Waals surface area contributed by atoms with E-state index in [1.165, 1.54) is 4.90 Å². The summed E-state index contributed by atoms with van der Waals surface area (Å²) >= 11 is 0. The maximum absolute atomic E-state index is 11.4. The predicted molar refractivity (Wildman–Crippen MR) is 68.3 cm³/mol. The highest BCUT2D eigenvalue weighted by molar-refractivity contribution is 5.90. The Hall–Kier alpha value is -2.24. The summed E-state index contributed by atoms with van der Waals surface area (Å²) in [6, 6.07) is 8.58. The van der Waals surface area contributed by atoms with Crippen LogP contribution < -0.4 is 16.0 Å². The lowest BCUT2D eigenvalue weighted by atomic mass is 10.3. The monoisotopic (exact) mass is 248 g/mol. The number of hydrogen-bond donors (Lipinski definition) is 2. The Morgan fingerprint density at radius 3 is 2.67 bits per heavy atom. The van der Waals surface area contributed by atoms with Crippen molar-refractivity contribution in [2.75, 3.05) is 31.1 Å². The number of amides is 4. The maximum Gasteiger partial charge on any atom is 0.319 e. The number of primary amides is 1. The summed E-state index contributed by atoms with van der Waals surface area (Å²) in [4.78, 5) is 25.9. The fraction of sp³-hybridized carbons (Fsp3) is 0.333. The number of carbonyl (C=O) groups is 2. The third-order valence-corrected chi connectivity index (χ3v) is 2.87. The van der Waals surface area contributed by atoms with Gasteiger partial charge in [0.05, 0.1) is 0 Å². The van der Waals surface area contributed by atoms with E-state index in [-0.39, 0.29) is 6.03 Å². The number of anilines is 1. The van der Waals surface area contributed by atoms with Crippen LogP contribution in [0.1, 0.15) is 0 Å². The number of rotatable bonds is 4. The lowest BCUT2D eigenvalue weighted by molar-refractivity contribution is 0.217. The molecule has 1 heterocycles. The lowest BCUT2D eigenvalue weighted by Gasteiger charge is -2.23. The number of para-hydroxylation sites is 1. The molecule has 96 valence electrons. The highest BCUT2D eigenvalue weighted by Crippen LogP contribution is 2.12. The van der Waals surface area contributed by atoms with Gasteiger partial charge in [-0.15, -0.1) is 0 Å². The first kappa shape index (κ1) is 12.2. The topological polar surface area (TPSA) is 78.7 Å². The van der Waals surface area contributed by atoms with Crippen molar-refractivity contribution in [1.29, 1.82) is 0 Å². The Kier molecular flexibility index (Phi) is 3.66. The molecule has 0 spiro atoms. The van der Waals surface area contributed by atoms with Crippen LogP contribution in [-0.2, 0) is 0 Å². The molecule has 6 nitrogen and oxygen atoms in total. The van der Waals surface area contributed by atoms with Crippen LogP contribution in [0, 0.1) is 0 Å². The van der Waals surface area contributed by atoms with E-state index in [0.29, 0.717) is 26.2 Å². The summed E-state index contributed by atoms with van der Waals surface area (Å²) in [6.07, 6.45) is 0. The van der Waals surface area contributed by atoms with Crippen molar-refractivity contribution in [2.24, 2.45) is 5.73 Å². The summed E-state index contributed by atoms with van der Waals surface area (Å²) in [5.41, 5.74) is 6.10. The zero-order chi connectivity index (χ0) is 13.0. The number of benzene rings is 1. The first-order valence-corrected chi connectivity index (χ1v) is 5.83. The summed E-state index contributed by atoms with van der Waals surface area (Å²) in [7, 11) is 0. The molecule has 18 heavy (non-hydrogen) atoms. The van der Waals surface area contributed by atoms with Gasteiger partial charge in [0.1, 0.15) is 0 Å². The quantitative estimate of drug-likeness (QED) is 0.818. The average Bonchev–Trinajstić information content (AvgIpc) is 2.76. The summed E-state index contributed by atoms with van der Waals surface area (Å²) in [6.45, 7) is 2.19. The van der Waals surface area contributed by atoms with Crippen LogP contribution >= 0.6 is 0 Å². The average molecular weight is 248 g/mol. The molecule has 0 atom stereocenters. The van der Waals surface area contributed by atoms with E-state index in [2.05, 4.69) is 5.32 Å². The smallest absolute Gasteiger partial charge is 0.319 e. The van der Waals surface area contributed by atoms with Gasteiger partial charge in [-0.05, 0) is 12.1 Å². The van der Waals surface area contributed by atoms with Gasteiger partial charge in [0, 0.05) is 31.9 Å². The minimum Gasteiger partial charge on any atom is -0.351 e. The maximum atomic E-state index is 11.4. The van der Waals surface area contributed by atoms with E-state index in [9.17, 15) is 9.59 Å². The van der Waals surface area contributed by atoms with Crippen LogP contribution in [0.25, 0.3) is 0 Å². The van der Waals surface area contributed by atoms with Gasteiger partial charge in [-0.3, -0.25) is 4.90 Å². The third-order valence-electron chi connectivity index (χ3n) is 2.87. The standard InChI is InChI=1S/C12H16N4O2/c13-11(17)16(10-4-2-1-3-5-10)9-8-15-7-6-14-12(15)18/h1-5H,6-9H2,(H2,13,17)(H,14,18). The second-order valence-corrected chi connectivity index (χ2v) is 4.04. The molecule has 0 radical (unpaired) electrons. The minimum atomic E-state index is -0.513. The molecule has 2 rings (SSSR count). The van der Waals surface area contributed by atoms with Crippen molar-refractivity contribution >= 4 is 17.7 Å². The summed E-state index contributed by atoms with van der Waals surface area (Å²) in [5.74, 6) is 0. The van der Waals surface area contributed by atoms with Gasteiger partial charge in [-0.25, -0.2) is 9.59 Å². The summed E-state index contributed by atoms with van der Waals surface area (Å²) in [5, 5.41) is 2.71. The number of nitrogens with two attached hydrogens (primary N) is 1. The highest BCUT2D eigenvalue weighted by atomic mass is 16.2. The third kappa shape index (κ3) is 2.71. The van der Waals surface area contributed by atoms with Crippen LogP contribution in [0.3, 0.4) is 0 Å². The fourth-order valence-electron chi connectivity index (χ4n) is 1.92. The molecule has 1 aliphatic rings. The van der Waals surface area contributed by atoms with Crippen LogP contribution in [0.4, 0.5) is 15.3 Å². The van der Waals surface area contributed by atoms with Gasteiger partial charge in [0.15, 0.2) is 0 Å². The highest BCUT2D eigenvalue weighted by Gasteiger charge is 2.21. The molecular formula is C12H16N4O2. The number of hydrogen-bond acceptors (Lipinski definition) is 2. The SMILES string of the molecule is NC(=O)N(CCN1CCNC1=O)c1ccccc1. The van der Waals surface area contributed by atoms with Crippen molar-refractivity contribution in [3.05, 3.63) is 30.3 Å². The molecule has 4 amide bonds. The first-order chi connectivity index (χ1) is 8.68. The molecule has 6 heteroatoms. The number of nitrogens with zero attached hydrogens (tertiary/aromatic N) is 2.